The van der Waals surface area contributed by atoms with E-state index < -0.39 is 45.1 Å². The third kappa shape index (κ3) is 2.43. The van der Waals surface area contributed by atoms with Gasteiger partial charge in [0.05, 0.1) is 0 Å². The Kier molecular flexibility index (Phi) is 3.29. The fraction of sp³-hybridized carbons (Fsp3) is 0.143. The van der Waals surface area contributed by atoms with Crippen molar-refractivity contribution < 1.29 is 45.2 Å². The average molecular weight is 241 g/mol. The maximum atomic E-state index is 11.9. The summed E-state index contributed by atoms with van der Waals surface area (Å²) in [5.41, 5.74) is 1.19. The molecule has 0 nitrogen and oxygen atoms in total. The van der Waals surface area contributed by atoms with E-state index in [0.29, 0.717) is 0 Å². The Morgan fingerprint density at radius 2 is 1.78 bits per heavy atom. The first-order chi connectivity index (χ1) is 4.33. The first-order valence-electron chi connectivity index (χ1n) is 2.63. The minimum atomic E-state index is -1.05. The standard InChI is InChI=1S/C7H7FXe/c1-6-2-4-7(9-8)5-3-6/h2-5H,1H3. The Hall–Kier alpha value is 0.721. The van der Waals surface area contributed by atoms with Crippen LogP contribution in [0.2, 0.25) is 0 Å². The van der Waals surface area contributed by atoms with Gasteiger partial charge in [-0.15, -0.1) is 0 Å². The fourth-order valence-electron chi connectivity index (χ4n) is 0.574. The first kappa shape index (κ1) is 7.82. The minimum absolute atomic E-state index is 0.841. The second kappa shape index (κ2) is 3.78. The van der Waals surface area contributed by atoms with Crippen LogP contribution < -0.4 is 0.0314 Å². The molecule has 0 radical (unpaired) electrons. The van der Waals surface area contributed by atoms with E-state index in [0.717, 1.165) is 0.0314 Å². The molecule has 0 spiro atoms. The van der Waals surface area contributed by atoms with Crippen molar-refractivity contribution in [1.82, 2.24) is 0 Å². The molecular formula is C7H7FXe. The van der Waals surface area contributed by atoms with Gasteiger partial charge in [-0.3, -0.25) is 0 Å². The summed E-state index contributed by atoms with van der Waals surface area (Å²) in [7, 11) is 0. The van der Waals surface area contributed by atoms with E-state index in [1.54, 1.807) is 0 Å². The van der Waals surface area contributed by atoms with Crippen molar-refractivity contribution in [2.24, 2.45) is 0 Å². The molecule has 0 aliphatic rings. The predicted molar refractivity (Wildman–Crippen MR) is 31.9 cm³/mol. The van der Waals surface area contributed by atoms with E-state index in [2.05, 4.69) is 0 Å². The van der Waals surface area contributed by atoms with Crippen LogP contribution in [0.4, 0.5) is 0.0835 Å². The van der Waals surface area contributed by atoms with Crippen LogP contribution >= 0.6 is 0 Å². The van der Waals surface area contributed by atoms with Crippen molar-refractivity contribution in [2.45, 2.75) is 6.92 Å². The quantitative estimate of drug-likeness (QED) is 0.700. The van der Waals surface area contributed by atoms with Crippen molar-refractivity contribution in [2.75, 3.05) is 0 Å². The SMILES string of the molecule is Cc1ccc([Xe]F)cc1. The molecule has 1 aromatic rings. The van der Waals surface area contributed by atoms with Gasteiger partial charge < -0.3 is 0 Å². The Morgan fingerprint density at radius 1 is 1.22 bits per heavy atom. The number of halogens is 1. The summed E-state index contributed by atoms with van der Waals surface area (Å²) in [5, 5.41) is 0. The number of rotatable bonds is 1. The Morgan fingerprint density at radius 3 is 2.22 bits per heavy atom. The van der Waals surface area contributed by atoms with Crippen molar-refractivity contribution in [3.05, 3.63) is 29.8 Å². The van der Waals surface area contributed by atoms with Crippen molar-refractivity contribution in [3.8, 4) is 0 Å². The van der Waals surface area contributed by atoms with Crippen LogP contribution in [0.1, 0.15) is 5.56 Å². The van der Waals surface area contributed by atoms with E-state index >= 15 is 0 Å². The summed E-state index contributed by atoms with van der Waals surface area (Å²) in [6.45, 7) is 2.00. The molecule has 2 heteroatoms. The van der Waals surface area contributed by atoms with Gasteiger partial charge in [-0.1, -0.05) is 0 Å². The van der Waals surface area contributed by atoms with E-state index in [-0.39, 0.29) is 0 Å². The van der Waals surface area contributed by atoms with Crippen molar-refractivity contribution in [1.29, 1.82) is 0 Å². The summed E-state index contributed by atoms with van der Waals surface area (Å²) in [6.07, 6.45) is 0. The third-order valence-electron chi connectivity index (χ3n) is 1.08. The van der Waals surface area contributed by atoms with Gasteiger partial charge in [-0.25, -0.2) is 0 Å². The Bertz CT molecular complexity index is 181. The van der Waals surface area contributed by atoms with E-state index in [9.17, 15) is 0.0835 Å². The Balaban J connectivity index is 2.88. The molecule has 9 heavy (non-hydrogen) atoms. The average Bonchev–Trinajstić information content (AvgIpc) is 1.90. The predicted octanol–water partition coefficient (Wildman–Crippen LogP) is 1.59. The molecule has 0 aliphatic heterocycles. The number of hydrogen-bond donors (Lipinski definition) is 0. The van der Waals surface area contributed by atoms with Gasteiger partial charge in [0.1, 0.15) is 0 Å². The van der Waals surface area contributed by atoms with E-state index in [4.69, 9.17) is 0 Å². The monoisotopic (exact) mass is 242 g/mol. The molecule has 0 N–H and O–H groups in total. The molecule has 0 saturated carbocycles. The molecule has 0 amide bonds. The van der Waals surface area contributed by atoms with Gasteiger partial charge in [-0.05, 0) is 0 Å². The van der Waals surface area contributed by atoms with Crippen molar-refractivity contribution in [3.63, 3.8) is 0 Å². The topological polar surface area (TPSA) is 0 Å². The van der Waals surface area contributed by atoms with Crippen LogP contribution in [0.15, 0.2) is 24.3 Å². The van der Waals surface area contributed by atoms with E-state index in [1.807, 2.05) is 31.2 Å². The van der Waals surface area contributed by atoms with Crippen LogP contribution in [-0.4, -0.2) is 0 Å². The molecule has 0 aliphatic carbocycles. The molecule has 0 aromatic heterocycles. The van der Waals surface area contributed by atoms with Crippen LogP contribution in [0.5, 0.6) is 0 Å². The molecule has 0 fully saturated rings. The zero-order valence-corrected chi connectivity index (χ0v) is 7.06. The number of aryl methyl sites for hydroxylation is 1. The summed E-state index contributed by atoms with van der Waals surface area (Å²) < 4.78 is 12.8. The van der Waals surface area contributed by atoms with E-state index in [1.165, 1.54) is 5.56 Å². The summed E-state index contributed by atoms with van der Waals surface area (Å²) in [4.78, 5) is 0. The van der Waals surface area contributed by atoms with Gasteiger partial charge in [0.2, 0.25) is 0 Å². The molecule has 0 unspecified atom stereocenters. The number of hydrogen-bond acceptors (Lipinski definition) is 0. The summed E-state index contributed by atoms with van der Waals surface area (Å²) >= 11 is -1.05. The van der Waals surface area contributed by atoms with Gasteiger partial charge in [0.25, 0.3) is 0 Å². The van der Waals surface area contributed by atoms with Crippen molar-refractivity contribution >= 4 is 0.0314 Å². The second-order valence-electron chi connectivity index (χ2n) is 1.85. The third-order valence-corrected chi connectivity index (χ3v) is 2.19. The first-order valence-corrected chi connectivity index (χ1v) is 4.40. The molecular weight excluding hydrogens is 234 g/mol. The molecule has 1 rings (SSSR count). The second-order valence-corrected chi connectivity index (χ2v) is 3.39. The van der Waals surface area contributed by atoms with Crippen LogP contribution in [0, 0.1) is 52.0 Å². The van der Waals surface area contributed by atoms with Gasteiger partial charge in [-0.2, -0.15) is 0 Å². The Labute approximate surface area is 80.7 Å². The summed E-state index contributed by atoms with van der Waals surface area (Å²) in [6, 6.07) is 7.55. The molecule has 0 saturated heterocycles. The van der Waals surface area contributed by atoms with Gasteiger partial charge in [0.15, 0.2) is 0 Å². The summed E-state index contributed by atoms with van der Waals surface area (Å²) in [5.74, 6) is 0. The zero-order chi connectivity index (χ0) is 6.69. The van der Waals surface area contributed by atoms with Gasteiger partial charge in [0, 0.05) is 0 Å². The fourth-order valence-corrected chi connectivity index (χ4v) is 1.16. The van der Waals surface area contributed by atoms with Gasteiger partial charge >= 0.3 is 82.0 Å². The van der Waals surface area contributed by atoms with Crippen LogP contribution in [-0.2, 0) is 0 Å². The zero-order valence-electron chi connectivity index (χ0n) is 5.04. The molecule has 0 atom stereocenters. The van der Waals surface area contributed by atoms with Crippen LogP contribution in [0.25, 0.3) is 0 Å². The molecule has 0 bridgehead atoms. The molecule has 1 aromatic carbocycles. The normalized spacial score (nSPS) is 10.0. The van der Waals surface area contributed by atoms with Crippen LogP contribution in [0.3, 0.4) is 0 Å². The number of benzene rings is 1. The maximum absolute atomic E-state index is 11.9. The molecule has 50 valence electrons. The molecule has 0 heterocycles.